The van der Waals surface area contributed by atoms with Crippen LogP contribution >= 0.6 is 0 Å². The third kappa shape index (κ3) is 6.62. The van der Waals surface area contributed by atoms with Crippen LogP contribution in [0.1, 0.15) is 46.1 Å². The van der Waals surface area contributed by atoms with E-state index < -0.39 is 23.5 Å². The van der Waals surface area contributed by atoms with Crippen LogP contribution in [-0.4, -0.2) is 71.4 Å². The van der Waals surface area contributed by atoms with E-state index in [1.807, 2.05) is 52.0 Å². The highest BCUT2D eigenvalue weighted by atomic mass is 16.5. The number of likely N-dealkylation sites (tertiary alicyclic amines) is 1. The Morgan fingerprint density at radius 2 is 1.83 bits per heavy atom. The molecule has 0 bridgehead atoms. The summed E-state index contributed by atoms with van der Waals surface area (Å²) in [4.78, 5) is 50.6. The molecule has 0 unspecified atom stereocenters. The topological polar surface area (TPSA) is 138 Å². The van der Waals surface area contributed by atoms with Crippen LogP contribution in [0.15, 0.2) is 42.7 Å². The van der Waals surface area contributed by atoms with Crippen molar-refractivity contribution >= 4 is 45.8 Å². The number of aromatic nitrogens is 2. The normalized spacial score (nSPS) is 16.5. The Balaban J connectivity index is 1.60. The predicted octanol–water partition coefficient (Wildman–Crippen LogP) is 3.76. The first kappa shape index (κ1) is 30.7. The molecular formula is C31H41N7O4. The molecule has 11 heteroatoms. The van der Waals surface area contributed by atoms with Crippen molar-refractivity contribution < 1.29 is 19.1 Å². The molecule has 3 aromatic rings. The average molecular weight is 576 g/mol. The number of ether oxygens (including phenoxy) is 1. The summed E-state index contributed by atoms with van der Waals surface area (Å²) in [6.07, 6.45) is 2.66. The second-order valence-electron chi connectivity index (χ2n) is 11.7. The Labute approximate surface area is 246 Å². The maximum Gasteiger partial charge on any atom is 0.247 e. The van der Waals surface area contributed by atoms with E-state index in [9.17, 15) is 14.4 Å². The first-order valence-electron chi connectivity index (χ1n) is 14.2. The van der Waals surface area contributed by atoms with Gasteiger partial charge in [0.2, 0.25) is 17.7 Å². The fraction of sp³-hybridized carbons (Fsp3) is 0.452. The largest absolute Gasteiger partial charge is 0.494 e. The molecule has 224 valence electrons. The van der Waals surface area contributed by atoms with Gasteiger partial charge in [0.15, 0.2) is 0 Å². The first-order chi connectivity index (χ1) is 19.9. The van der Waals surface area contributed by atoms with Crippen molar-refractivity contribution in [3.63, 3.8) is 0 Å². The molecule has 11 nitrogen and oxygen atoms in total. The molecule has 1 fully saturated rings. The molecule has 3 amide bonds. The monoisotopic (exact) mass is 575 g/mol. The number of anilines is 3. The molecule has 1 aromatic heterocycles. The summed E-state index contributed by atoms with van der Waals surface area (Å²) in [7, 11) is 3.21. The van der Waals surface area contributed by atoms with E-state index in [2.05, 4.69) is 31.2 Å². The fourth-order valence-corrected chi connectivity index (χ4v) is 5.02. The van der Waals surface area contributed by atoms with Crippen molar-refractivity contribution in [2.24, 2.45) is 5.41 Å². The first-order valence-corrected chi connectivity index (χ1v) is 14.2. The van der Waals surface area contributed by atoms with E-state index in [0.29, 0.717) is 47.5 Å². The molecule has 0 saturated carbocycles. The number of aryl methyl sites for hydroxylation is 1. The lowest BCUT2D eigenvalue weighted by molar-refractivity contribution is -0.143. The number of para-hydroxylation sites is 1. The predicted molar refractivity (Wildman–Crippen MR) is 164 cm³/mol. The van der Waals surface area contributed by atoms with Gasteiger partial charge in [0.05, 0.1) is 24.4 Å². The van der Waals surface area contributed by atoms with Gasteiger partial charge in [-0.3, -0.25) is 14.4 Å². The maximum atomic E-state index is 13.8. The molecule has 1 aliphatic heterocycles. The van der Waals surface area contributed by atoms with Crippen molar-refractivity contribution in [3.8, 4) is 5.75 Å². The van der Waals surface area contributed by atoms with Gasteiger partial charge in [-0.1, -0.05) is 39.0 Å². The number of fused-ring (bicyclic) bond motifs is 1. The van der Waals surface area contributed by atoms with Gasteiger partial charge in [0.25, 0.3) is 0 Å². The highest BCUT2D eigenvalue weighted by Gasteiger charge is 2.42. The SMILES string of the molecule is CN[C@@H](C)C(=O)N[C@H](C(=O)N1CCC[C@H]1C(=O)Nc1cc2c(Nc3ccccc3C)ncnc2cc1OC)C(C)(C)C. The molecular weight excluding hydrogens is 534 g/mol. The quantitative estimate of drug-likeness (QED) is 0.303. The Hall–Kier alpha value is -4.25. The molecule has 0 aliphatic carbocycles. The third-order valence-corrected chi connectivity index (χ3v) is 7.68. The summed E-state index contributed by atoms with van der Waals surface area (Å²) in [5.74, 6) is 0.147. The Morgan fingerprint density at radius 1 is 1.10 bits per heavy atom. The number of rotatable bonds is 9. The third-order valence-electron chi connectivity index (χ3n) is 7.68. The molecule has 0 spiro atoms. The zero-order valence-corrected chi connectivity index (χ0v) is 25.4. The Kier molecular flexibility index (Phi) is 9.30. The van der Waals surface area contributed by atoms with Crippen LogP contribution in [0.2, 0.25) is 0 Å². The number of likely N-dealkylation sites (N-methyl/N-ethyl adjacent to an activating group) is 1. The van der Waals surface area contributed by atoms with Crippen molar-refractivity contribution in [2.45, 2.75) is 65.6 Å². The molecule has 4 N–H and O–H groups in total. The van der Waals surface area contributed by atoms with Gasteiger partial charge < -0.3 is 30.9 Å². The number of hydrogen-bond donors (Lipinski definition) is 4. The van der Waals surface area contributed by atoms with Crippen LogP contribution in [0.4, 0.5) is 17.2 Å². The number of carbonyl (C=O) groups is 3. The van der Waals surface area contributed by atoms with Crippen molar-refractivity contribution in [1.29, 1.82) is 0 Å². The summed E-state index contributed by atoms with van der Waals surface area (Å²) in [6, 6.07) is 9.46. The second-order valence-corrected chi connectivity index (χ2v) is 11.7. The van der Waals surface area contributed by atoms with Gasteiger partial charge in [-0.25, -0.2) is 9.97 Å². The van der Waals surface area contributed by atoms with Gasteiger partial charge in [0, 0.05) is 23.7 Å². The molecule has 42 heavy (non-hydrogen) atoms. The van der Waals surface area contributed by atoms with Crippen LogP contribution in [0, 0.1) is 12.3 Å². The maximum absolute atomic E-state index is 13.8. The highest BCUT2D eigenvalue weighted by Crippen LogP contribution is 2.34. The summed E-state index contributed by atoms with van der Waals surface area (Å²) in [5.41, 5.74) is 2.49. The minimum Gasteiger partial charge on any atom is -0.494 e. The Bertz CT molecular complexity index is 1470. The summed E-state index contributed by atoms with van der Waals surface area (Å²) in [6.45, 7) is 9.86. The highest BCUT2D eigenvalue weighted by molar-refractivity contribution is 6.03. The number of methoxy groups -OCH3 is 1. The molecule has 3 atom stereocenters. The number of nitrogens with one attached hydrogen (secondary N) is 4. The van der Waals surface area contributed by atoms with Gasteiger partial charge in [-0.15, -0.1) is 0 Å². The van der Waals surface area contributed by atoms with Crippen LogP contribution < -0.4 is 26.0 Å². The lowest BCUT2D eigenvalue weighted by Gasteiger charge is -2.36. The van der Waals surface area contributed by atoms with E-state index in [-0.39, 0.29) is 17.7 Å². The summed E-state index contributed by atoms with van der Waals surface area (Å²) < 4.78 is 5.60. The lowest BCUT2D eigenvalue weighted by atomic mass is 9.85. The fourth-order valence-electron chi connectivity index (χ4n) is 5.02. The van der Waals surface area contributed by atoms with E-state index >= 15 is 0 Å². The zero-order chi connectivity index (χ0) is 30.6. The zero-order valence-electron chi connectivity index (χ0n) is 25.4. The molecule has 2 aromatic carbocycles. The number of nitrogens with zero attached hydrogens (tertiary/aromatic N) is 3. The van der Waals surface area contributed by atoms with Gasteiger partial charge in [0.1, 0.15) is 30.0 Å². The standard InChI is InChI=1S/C31H41N7O4/c1-18-11-8-9-12-21(18)35-27-20-15-23(25(42-7)16-22(20)33-17-34-27)36-29(40)24-13-10-14-38(24)30(41)26(31(3,4)5)37-28(39)19(2)32-6/h8-9,11-12,15-17,19,24,26,32H,10,13-14H2,1-7H3,(H,36,40)(H,37,39)(H,33,34,35)/t19-,24-,26+/m0/s1. The number of hydrogen-bond acceptors (Lipinski definition) is 8. The van der Waals surface area contributed by atoms with Crippen LogP contribution in [-0.2, 0) is 14.4 Å². The van der Waals surface area contributed by atoms with Crippen LogP contribution in [0.25, 0.3) is 10.9 Å². The van der Waals surface area contributed by atoms with E-state index in [0.717, 1.165) is 11.3 Å². The molecule has 2 heterocycles. The van der Waals surface area contributed by atoms with Gasteiger partial charge >= 0.3 is 0 Å². The van der Waals surface area contributed by atoms with E-state index in [1.165, 1.54) is 13.4 Å². The average Bonchev–Trinajstić information content (AvgIpc) is 3.46. The molecule has 1 saturated heterocycles. The van der Waals surface area contributed by atoms with Crippen molar-refractivity contribution in [2.75, 3.05) is 31.3 Å². The smallest absolute Gasteiger partial charge is 0.247 e. The molecule has 4 rings (SSSR count). The lowest BCUT2D eigenvalue weighted by Crippen LogP contribution is -2.59. The minimum atomic E-state index is -0.795. The van der Waals surface area contributed by atoms with Crippen LogP contribution in [0.5, 0.6) is 5.75 Å². The second kappa shape index (κ2) is 12.7. The van der Waals surface area contributed by atoms with Crippen molar-refractivity contribution in [1.82, 2.24) is 25.5 Å². The Morgan fingerprint density at radius 3 is 2.50 bits per heavy atom. The van der Waals surface area contributed by atoms with E-state index in [1.54, 1.807) is 31.0 Å². The van der Waals surface area contributed by atoms with Gasteiger partial charge in [-0.05, 0) is 56.8 Å². The summed E-state index contributed by atoms with van der Waals surface area (Å²) >= 11 is 0. The molecule has 0 radical (unpaired) electrons. The minimum absolute atomic E-state index is 0.274. The number of carbonyl (C=O) groups excluding carboxylic acids is 3. The van der Waals surface area contributed by atoms with E-state index in [4.69, 9.17) is 4.74 Å². The number of benzene rings is 2. The van der Waals surface area contributed by atoms with Gasteiger partial charge in [-0.2, -0.15) is 0 Å². The molecule has 1 aliphatic rings. The van der Waals surface area contributed by atoms with Crippen molar-refractivity contribution in [3.05, 3.63) is 48.3 Å². The van der Waals surface area contributed by atoms with Crippen LogP contribution in [0.3, 0.4) is 0 Å². The summed E-state index contributed by atoms with van der Waals surface area (Å²) in [5, 5.41) is 12.9. The number of amides is 3.